The summed E-state index contributed by atoms with van der Waals surface area (Å²) in [6.45, 7) is 4.86. The highest BCUT2D eigenvalue weighted by atomic mass is 19.4. The molecule has 0 aliphatic carbocycles. The van der Waals surface area contributed by atoms with Crippen molar-refractivity contribution in [2.75, 3.05) is 39.4 Å². The molecule has 0 unspecified atom stereocenters. The van der Waals surface area contributed by atoms with Gasteiger partial charge in [0.05, 0.1) is 18.8 Å². The van der Waals surface area contributed by atoms with E-state index < -0.39 is 11.7 Å². The summed E-state index contributed by atoms with van der Waals surface area (Å²) in [6.07, 6.45) is -3.57. The molecule has 29 heavy (non-hydrogen) atoms. The number of nitrogens with zero attached hydrogens (tertiary/aromatic N) is 2. The third kappa shape index (κ3) is 6.30. The standard InChI is InChI=1S/C22H25F3N2O2/c23-22(24,25)20-9-7-18(8-10-20)17-27(21(28)19-5-2-1-3-6-19)12-4-11-26-13-15-29-16-14-26/h1-3,5-10H,4,11-17H2. The maximum Gasteiger partial charge on any atom is 0.416 e. The second kappa shape index (κ2) is 9.89. The summed E-state index contributed by atoms with van der Waals surface area (Å²) in [6, 6.07) is 14.0. The van der Waals surface area contributed by atoms with E-state index in [4.69, 9.17) is 4.74 Å². The molecule has 7 heteroatoms. The number of hydrogen-bond donors (Lipinski definition) is 0. The fourth-order valence-electron chi connectivity index (χ4n) is 3.35. The molecule has 0 spiro atoms. The van der Waals surface area contributed by atoms with Gasteiger partial charge in [-0.05, 0) is 36.2 Å². The largest absolute Gasteiger partial charge is 0.416 e. The van der Waals surface area contributed by atoms with Crippen LogP contribution in [0.25, 0.3) is 0 Å². The molecule has 0 N–H and O–H groups in total. The van der Waals surface area contributed by atoms with Gasteiger partial charge in [0, 0.05) is 38.3 Å². The van der Waals surface area contributed by atoms with Gasteiger partial charge in [-0.25, -0.2) is 0 Å². The lowest BCUT2D eigenvalue weighted by Crippen LogP contribution is -2.39. The molecule has 156 valence electrons. The number of benzene rings is 2. The SMILES string of the molecule is O=C(c1ccccc1)N(CCCN1CCOCC1)Cc1ccc(C(F)(F)F)cc1. The Kier molecular flexibility index (Phi) is 7.28. The highest BCUT2D eigenvalue weighted by Crippen LogP contribution is 2.29. The minimum atomic E-state index is -4.36. The van der Waals surface area contributed by atoms with Crippen LogP contribution in [0.2, 0.25) is 0 Å². The van der Waals surface area contributed by atoms with Gasteiger partial charge in [-0.1, -0.05) is 30.3 Å². The Morgan fingerprint density at radius 3 is 2.28 bits per heavy atom. The second-order valence-electron chi connectivity index (χ2n) is 7.09. The molecule has 0 bridgehead atoms. The van der Waals surface area contributed by atoms with Crippen molar-refractivity contribution in [3.8, 4) is 0 Å². The molecular weight excluding hydrogens is 381 g/mol. The number of rotatable bonds is 7. The summed E-state index contributed by atoms with van der Waals surface area (Å²) in [7, 11) is 0. The molecule has 1 saturated heterocycles. The van der Waals surface area contributed by atoms with Crippen molar-refractivity contribution >= 4 is 5.91 Å². The van der Waals surface area contributed by atoms with Gasteiger partial charge in [-0.15, -0.1) is 0 Å². The van der Waals surface area contributed by atoms with Crippen LogP contribution in [-0.4, -0.2) is 55.1 Å². The van der Waals surface area contributed by atoms with Gasteiger partial charge < -0.3 is 9.64 Å². The summed E-state index contributed by atoms with van der Waals surface area (Å²) in [5.74, 6) is -0.118. The van der Waals surface area contributed by atoms with Crippen LogP contribution in [0.4, 0.5) is 13.2 Å². The molecule has 2 aromatic carbocycles. The maximum absolute atomic E-state index is 13.0. The van der Waals surface area contributed by atoms with E-state index >= 15 is 0 Å². The van der Waals surface area contributed by atoms with E-state index in [1.54, 1.807) is 29.2 Å². The first-order chi connectivity index (χ1) is 13.9. The quantitative estimate of drug-likeness (QED) is 0.695. The Balaban J connectivity index is 1.67. The number of ether oxygens (including phenoxy) is 1. The number of hydrogen-bond acceptors (Lipinski definition) is 3. The highest BCUT2D eigenvalue weighted by Gasteiger charge is 2.30. The van der Waals surface area contributed by atoms with Crippen molar-refractivity contribution in [1.29, 1.82) is 0 Å². The first-order valence-electron chi connectivity index (χ1n) is 9.74. The molecule has 3 rings (SSSR count). The molecule has 1 amide bonds. The van der Waals surface area contributed by atoms with Gasteiger partial charge in [-0.3, -0.25) is 9.69 Å². The second-order valence-corrected chi connectivity index (χ2v) is 7.09. The molecule has 0 aromatic heterocycles. The van der Waals surface area contributed by atoms with E-state index in [2.05, 4.69) is 4.90 Å². The first kappa shape index (κ1) is 21.3. The van der Waals surface area contributed by atoms with Gasteiger partial charge >= 0.3 is 6.18 Å². The summed E-state index contributed by atoms with van der Waals surface area (Å²) in [5.41, 5.74) is 0.564. The zero-order chi connectivity index (χ0) is 20.7. The van der Waals surface area contributed by atoms with Crippen LogP contribution >= 0.6 is 0 Å². The zero-order valence-corrected chi connectivity index (χ0v) is 16.2. The van der Waals surface area contributed by atoms with Crippen molar-refractivity contribution in [2.24, 2.45) is 0 Å². The molecule has 0 saturated carbocycles. The molecule has 0 radical (unpaired) electrons. The molecule has 2 aromatic rings. The minimum absolute atomic E-state index is 0.118. The van der Waals surface area contributed by atoms with Gasteiger partial charge in [-0.2, -0.15) is 13.2 Å². The van der Waals surface area contributed by atoms with Crippen LogP contribution in [-0.2, 0) is 17.5 Å². The van der Waals surface area contributed by atoms with Crippen LogP contribution in [0, 0.1) is 0 Å². The lowest BCUT2D eigenvalue weighted by molar-refractivity contribution is -0.137. The van der Waals surface area contributed by atoms with Gasteiger partial charge in [0.2, 0.25) is 0 Å². The van der Waals surface area contributed by atoms with Crippen LogP contribution in [0.15, 0.2) is 54.6 Å². The van der Waals surface area contributed by atoms with E-state index in [0.29, 0.717) is 17.7 Å². The first-order valence-corrected chi connectivity index (χ1v) is 9.74. The molecule has 1 heterocycles. The number of alkyl halides is 3. The lowest BCUT2D eigenvalue weighted by atomic mass is 10.1. The Hall–Kier alpha value is -2.38. The number of amides is 1. The van der Waals surface area contributed by atoms with Crippen molar-refractivity contribution in [3.63, 3.8) is 0 Å². The van der Waals surface area contributed by atoms with E-state index in [0.717, 1.165) is 51.4 Å². The normalized spacial score (nSPS) is 15.3. The van der Waals surface area contributed by atoms with Gasteiger partial charge in [0.1, 0.15) is 0 Å². The van der Waals surface area contributed by atoms with E-state index in [1.807, 2.05) is 6.07 Å². The predicted octanol–water partition coefficient (Wildman–Crippen LogP) is 4.07. The minimum Gasteiger partial charge on any atom is -0.379 e. The summed E-state index contributed by atoms with van der Waals surface area (Å²) in [5, 5.41) is 0. The monoisotopic (exact) mass is 406 g/mol. The van der Waals surface area contributed by atoms with E-state index in [9.17, 15) is 18.0 Å². The molecule has 4 nitrogen and oxygen atoms in total. The molecular formula is C22H25F3N2O2. The lowest BCUT2D eigenvalue weighted by Gasteiger charge is -2.28. The predicted molar refractivity (Wildman–Crippen MR) is 105 cm³/mol. The van der Waals surface area contributed by atoms with Gasteiger partial charge in [0.15, 0.2) is 0 Å². The van der Waals surface area contributed by atoms with E-state index in [1.165, 1.54) is 12.1 Å². The average molecular weight is 406 g/mol. The zero-order valence-electron chi connectivity index (χ0n) is 16.2. The molecule has 1 aliphatic heterocycles. The third-order valence-electron chi connectivity index (χ3n) is 4.97. The molecule has 1 fully saturated rings. The number of halogens is 3. The summed E-state index contributed by atoms with van der Waals surface area (Å²) in [4.78, 5) is 17.0. The summed E-state index contributed by atoms with van der Waals surface area (Å²) < 4.78 is 43.7. The number of morpholine rings is 1. The third-order valence-corrected chi connectivity index (χ3v) is 4.97. The number of carbonyl (C=O) groups is 1. The van der Waals surface area contributed by atoms with Crippen molar-refractivity contribution in [1.82, 2.24) is 9.80 Å². The fourth-order valence-corrected chi connectivity index (χ4v) is 3.35. The Bertz CT molecular complexity index is 773. The Morgan fingerprint density at radius 2 is 1.66 bits per heavy atom. The topological polar surface area (TPSA) is 32.8 Å². The van der Waals surface area contributed by atoms with Crippen molar-refractivity contribution in [3.05, 3.63) is 71.3 Å². The van der Waals surface area contributed by atoms with Gasteiger partial charge in [0.25, 0.3) is 5.91 Å². The molecule has 0 atom stereocenters. The highest BCUT2D eigenvalue weighted by molar-refractivity contribution is 5.94. The number of carbonyl (C=O) groups excluding carboxylic acids is 1. The Labute approximate surface area is 168 Å². The summed E-state index contributed by atoms with van der Waals surface area (Å²) >= 11 is 0. The average Bonchev–Trinajstić information content (AvgIpc) is 2.73. The molecule has 1 aliphatic rings. The maximum atomic E-state index is 13.0. The van der Waals surface area contributed by atoms with Crippen molar-refractivity contribution < 1.29 is 22.7 Å². The van der Waals surface area contributed by atoms with Crippen LogP contribution in [0.5, 0.6) is 0 Å². The fraction of sp³-hybridized carbons (Fsp3) is 0.409. The Morgan fingerprint density at radius 1 is 1.00 bits per heavy atom. The smallest absolute Gasteiger partial charge is 0.379 e. The van der Waals surface area contributed by atoms with E-state index in [-0.39, 0.29) is 12.5 Å². The van der Waals surface area contributed by atoms with Crippen LogP contribution in [0.1, 0.15) is 27.9 Å². The van der Waals surface area contributed by atoms with Crippen molar-refractivity contribution in [2.45, 2.75) is 19.1 Å². The van der Waals surface area contributed by atoms with Crippen LogP contribution in [0.3, 0.4) is 0 Å². The van der Waals surface area contributed by atoms with Crippen LogP contribution < -0.4 is 0 Å².